The summed E-state index contributed by atoms with van der Waals surface area (Å²) in [7, 11) is 3.45. The van der Waals surface area contributed by atoms with Crippen LogP contribution in [0.1, 0.15) is 44.5 Å². The number of methoxy groups -OCH3 is 2. The first kappa shape index (κ1) is 30.0. The molecule has 0 N–H and O–H groups in total. The molecule has 0 saturated carbocycles. The Morgan fingerprint density at radius 1 is 0.521 bits per heavy atom. The highest BCUT2D eigenvalue weighted by Gasteiger charge is 2.27. The maximum Gasteiger partial charge on any atom is 0.177 e. The smallest absolute Gasteiger partial charge is 0.177 e. The van der Waals surface area contributed by atoms with Gasteiger partial charge in [0.2, 0.25) is 0 Å². The van der Waals surface area contributed by atoms with Crippen molar-refractivity contribution in [1.82, 2.24) is 19.1 Å². The quantitative estimate of drug-likeness (QED) is 0.194. The lowest BCUT2D eigenvalue weighted by atomic mass is 9.93. The van der Waals surface area contributed by atoms with Crippen molar-refractivity contribution >= 4 is 22.1 Å². The zero-order chi connectivity index (χ0) is 33.4. The summed E-state index contributed by atoms with van der Waals surface area (Å²) in [5.74, 6) is 3.51. The van der Waals surface area contributed by atoms with E-state index in [0.717, 1.165) is 69.4 Å². The number of benzene rings is 5. The second-order valence-electron chi connectivity index (χ2n) is 13.4. The van der Waals surface area contributed by atoms with Crippen LogP contribution >= 0.6 is 0 Å². The molecule has 0 radical (unpaired) electrons. The van der Waals surface area contributed by atoms with Gasteiger partial charge in [-0.2, -0.15) is 0 Å². The summed E-state index contributed by atoms with van der Waals surface area (Å²) < 4.78 is 16.0. The molecule has 6 nitrogen and oxygen atoms in total. The maximum atomic E-state index is 5.61. The Kier molecular flexibility index (Phi) is 6.95. The zero-order valence-corrected chi connectivity index (χ0v) is 28.9. The van der Waals surface area contributed by atoms with Gasteiger partial charge in [-0.15, -0.1) is 0 Å². The van der Waals surface area contributed by atoms with Crippen molar-refractivity contribution in [2.75, 3.05) is 14.2 Å². The van der Waals surface area contributed by atoms with Gasteiger partial charge >= 0.3 is 0 Å². The Hall–Kier alpha value is -5.36. The topological polar surface area (TPSA) is 54.1 Å². The van der Waals surface area contributed by atoms with Gasteiger partial charge in [0, 0.05) is 11.1 Å². The summed E-state index contributed by atoms with van der Waals surface area (Å²) >= 11 is 0. The van der Waals surface area contributed by atoms with E-state index in [4.69, 9.17) is 19.4 Å². The van der Waals surface area contributed by atoms with Crippen LogP contribution in [-0.2, 0) is 13.1 Å². The lowest BCUT2D eigenvalue weighted by Crippen LogP contribution is -2.14. The molecule has 2 aromatic heterocycles. The number of ether oxygens (including phenoxy) is 2. The predicted octanol–water partition coefficient (Wildman–Crippen LogP) is 9.66. The van der Waals surface area contributed by atoms with Crippen molar-refractivity contribution in [3.8, 4) is 45.4 Å². The Bertz CT molecular complexity index is 2230. The Morgan fingerprint density at radius 2 is 0.896 bits per heavy atom. The van der Waals surface area contributed by atoms with Gasteiger partial charge in [0.15, 0.2) is 11.6 Å². The fourth-order valence-corrected chi connectivity index (χ4v) is 7.91. The molecule has 5 aromatic carbocycles. The third-order valence-electron chi connectivity index (χ3n) is 9.99. The van der Waals surface area contributed by atoms with Crippen LogP contribution in [0.2, 0.25) is 0 Å². The van der Waals surface area contributed by atoms with Crippen molar-refractivity contribution in [1.29, 1.82) is 0 Å². The third-order valence-corrected chi connectivity index (χ3v) is 9.99. The maximum absolute atomic E-state index is 5.61. The first-order valence-electron chi connectivity index (χ1n) is 16.5. The van der Waals surface area contributed by atoms with Crippen molar-refractivity contribution in [2.45, 2.75) is 54.6 Å². The molecule has 0 bridgehead atoms. The number of hydrogen-bond acceptors (Lipinski definition) is 4. The molecule has 0 unspecified atom stereocenters. The van der Waals surface area contributed by atoms with E-state index in [1.165, 1.54) is 55.6 Å². The van der Waals surface area contributed by atoms with E-state index in [2.05, 4.69) is 123 Å². The zero-order valence-electron chi connectivity index (χ0n) is 28.9. The van der Waals surface area contributed by atoms with Crippen molar-refractivity contribution < 1.29 is 9.47 Å². The highest BCUT2D eigenvalue weighted by molar-refractivity contribution is 5.99. The first-order valence-corrected chi connectivity index (χ1v) is 16.5. The molecule has 8 rings (SSSR count). The van der Waals surface area contributed by atoms with E-state index in [1.807, 2.05) is 0 Å². The van der Waals surface area contributed by atoms with E-state index in [0.29, 0.717) is 0 Å². The van der Waals surface area contributed by atoms with Gasteiger partial charge < -0.3 is 18.6 Å². The fraction of sp³-hybridized carbons (Fsp3) is 0.238. The standard InChI is InChI=1S/C42H40N4O2/c1-23-13-33(37-25(3)17-31(47-7)18-26(37)4)39-35(15-23)45-21-29-11-9-10-12-30(29)22-46-36-16-24(2)14-34(40(36)44-42(46)41(45)43-39)38-27(5)19-32(48-8)20-28(38)6/h9-20H,21-22H2,1-8H3. The van der Waals surface area contributed by atoms with Gasteiger partial charge in [-0.3, -0.25) is 0 Å². The molecule has 0 spiro atoms. The number of hydrogen-bond donors (Lipinski definition) is 0. The van der Waals surface area contributed by atoms with Crippen LogP contribution in [0.5, 0.6) is 11.5 Å². The lowest BCUT2D eigenvalue weighted by molar-refractivity contribution is 0.414. The van der Waals surface area contributed by atoms with Crippen LogP contribution in [0, 0.1) is 41.5 Å². The van der Waals surface area contributed by atoms with E-state index in [-0.39, 0.29) is 0 Å². The number of imidazole rings is 2. The summed E-state index contributed by atoms with van der Waals surface area (Å²) in [5.41, 5.74) is 18.5. The van der Waals surface area contributed by atoms with Crippen LogP contribution < -0.4 is 9.47 Å². The molecule has 0 saturated heterocycles. The molecule has 3 heterocycles. The minimum Gasteiger partial charge on any atom is -0.497 e. The summed E-state index contributed by atoms with van der Waals surface area (Å²) in [6.07, 6.45) is 0. The average Bonchev–Trinajstić information content (AvgIpc) is 3.57. The number of nitrogens with zero attached hydrogens (tertiary/aromatic N) is 4. The Morgan fingerprint density at radius 3 is 1.25 bits per heavy atom. The third kappa shape index (κ3) is 4.61. The molecule has 0 amide bonds. The van der Waals surface area contributed by atoms with Crippen molar-refractivity contribution in [2.24, 2.45) is 0 Å². The molecule has 0 fully saturated rings. The fourth-order valence-electron chi connectivity index (χ4n) is 7.91. The molecule has 0 atom stereocenters. The molecule has 1 aliphatic rings. The molecular weight excluding hydrogens is 592 g/mol. The van der Waals surface area contributed by atoms with Gasteiger partial charge in [-0.05, 0) is 146 Å². The van der Waals surface area contributed by atoms with Crippen LogP contribution in [0.3, 0.4) is 0 Å². The SMILES string of the molecule is COc1cc(C)c(-c2cc(C)cc3c2nc2n3Cc3ccccc3Cn3c-2nc2c(-c4c(C)cc(OC)cc4C)cc(C)cc23)c(C)c1. The molecular formula is C42H40N4O2. The minimum atomic E-state index is 0.720. The number of fused-ring (bicyclic) bond motifs is 8. The molecule has 48 heavy (non-hydrogen) atoms. The molecule has 6 heteroatoms. The van der Waals surface area contributed by atoms with E-state index in [9.17, 15) is 0 Å². The van der Waals surface area contributed by atoms with E-state index < -0.39 is 0 Å². The van der Waals surface area contributed by atoms with Gasteiger partial charge in [-0.1, -0.05) is 24.3 Å². The van der Waals surface area contributed by atoms with Gasteiger partial charge in [-0.25, -0.2) is 9.97 Å². The number of aromatic nitrogens is 4. The lowest BCUT2D eigenvalue weighted by Gasteiger charge is -2.19. The number of rotatable bonds is 4. The average molecular weight is 633 g/mol. The van der Waals surface area contributed by atoms with Crippen LogP contribution in [0.25, 0.3) is 56.0 Å². The summed E-state index contributed by atoms with van der Waals surface area (Å²) in [5, 5.41) is 0. The van der Waals surface area contributed by atoms with Gasteiger partial charge in [0.05, 0.1) is 49.4 Å². The van der Waals surface area contributed by atoms with Gasteiger partial charge in [0.25, 0.3) is 0 Å². The Labute approximate surface area is 281 Å². The highest BCUT2D eigenvalue weighted by Crippen LogP contribution is 2.42. The summed E-state index contributed by atoms with van der Waals surface area (Å²) in [6.45, 7) is 14.4. The van der Waals surface area contributed by atoms with Gasteiger partial charge in [0.1, 0.15) is 11.5 Å². The first-order chi connectivity index (χ1) is 23.1. The molecule has 1 aliphatic heterocycles. The van der Waals surface area contributed by atoms with Crippen molar-refractivity contribution in [3.05, 3.63) is 117 Å². The van der Waals surface area contributed by atoms with Crippen LogP contribution in [-0.4, -0.2) is 33.3 Å². The molecule has 0 aliphatic carbocycles. The second-order valence-corrected chi connectivity index (χ2v) is 13.4. The second kappa shape index (κ2) is 11.1. The largest absolute Gasteiger partial charge is 0.497 e. The van der Waals surface area contributed by atoms with E-state index in [1.54, 1.807) is 14.2 Å². The minimum absolute atomic E-state index is 0.720. The Balaban J connectivity index is 1.47. The van der Waals surface area contributed by atoms with Crippen LogP contribution in [0.4, 0.5) is 0 Å². The molecule has 240 valence electrons. The molecule has 7 aromatic rings. The highest BCUT2D eigenvalue weighted by atomic mass is 16.5. The summed E-state index contributed by atoms with van der Waals surface area (Å²) in [4.78, 5) is 11.0. The van der Waals surface area contributed by atoms with Crippen LogP contribution in [0.15, 0.2) is 72.8 Å². The van der Waals surface area contributed by atoms with Crippen molar-refractivity contribution in [3.63, 3.8) is 0 Å². The number of aryl methyl sites for hydroxylation is 6. The predicted molar refractivity (Wildman–Crippen MR) is 196 cm³/mol. The summed E-state index contributed by atoms with van der Waals surface area (Å²) in [6, 6.07) is 26.4. The monoisotopic (exact) mass is 632 g/mol. The normalized spacial score (nSPS) is 12.4. The van der Waals surface area contributed by atoms with E-state index >= 15 is 0 Å².